The lowest BCUT2D eigenvalue weighted by Gasteiger charge is -1.97. The molecule has 7 heteroatoms. The summed E-state index contributed by atoms with van der Waals surface area (Å²) < 4.78 is 6.76. The highest BCUT2D eigenvalue weighted by molar-refractivity contribution is 9.12. The summed E-state index contributed by atoms with van der Waals surface area (Å²) in [6.07, 6.45) is 0. The van der Waals surface area contributed by atoms with Gasteiger partial charge in [-0.1, -0.05) is 0 Å². The van der Waals surface area contributed by atoms with Crippen molar-refractivity contribution in [3.05, 3.63) is 24.1 Å². The lowest BCUT2D eigenvalue weighted by Crippen LogP contribution is -2.01. The Kier molecular flexibility index (Phi) is 4.15. The average molecular weight is 411 g/mol. The van der Waals surface area contributed by atoms with Gasteiger partial charge in [-0.05, 0) is 50.4 Å². The number of ether oxygens (including phenoxy) is 1. The van der Waals surface area contributed by atoms with E-state index in [4.69, 9.17) is 10.5 Å². The van der Waals surface area contributed by atoms with Crippen LogP contribution in [0, 0.1) is 6.92 Å². The zero-order valence-corrected chi connectivity index (χ0v) is 14.3. The molecule has 0 bridgehead atoms. The van der Waals surface area contributed by atoms with Crippen molar-refractivity contribution in [1.29, 1.82) is 0 Å². The number of halogens is 2. The molecule has 0 atom stereocenters. The molecule has 2 rings (SSSR count). The molecule has 2 N–H and O–H groups in total. The number of carbonyl (C=O) groups excluding carboxylic acids is 1. The van der Waals surface area contributed by atoms with Crippen molar-refractivity contribution in [2.24, 2.45) is 0 Å². The summed E-state index contributed by atoms with van der Waals surface area (Å²) >= 11 is 9.90. The minimum atomic E-state index is -0.391. The van der Waals surface area contributed by atoms with Gasteiger partial charge in [0.25, 0.3) is 0 Å². The van der Waals surface area contributed by atoms with Crippen LogP contribution in [0.1, 0.15) is 15.2 Å². The summed E-state index contributed by atoms with van der Waals surface area (Å²) in [6, 6.07) is 2.01. The smallest absolute Gasteiger partial charge is 0.350 e. The van der Waals surface area contributed by atoms with Gasteiger partial charge in [-0.25, -0.2) is 4.79 Å². The molecule has 2 aromatic rings. The maximum absolute atomic E-state index is 11.6. The van der Waals surface area contributed by atoms with Crippen molar-refractivity contribution >= 4 is 66.2 Å². The highest BCUT2D eigenvalue weighted by atomic mass is 79.9. The SMILES string of the molecule is COC(=O)c1sc(-c2cc(Br)sc2Br)c(C)c1N. The molecule has 0 fully saturated rings. The van der Waals surface area contributed by atoms with Crippen LogP contribution in [0.4, 0.5) is 5.69 Å². The normalized spacial score (nSPS) is 10.7. The Morgan fingerprint density at radius 3 is 2.56 bits per heavy atom. The van der Waals surface area contributed by atoms with Crippen molar-refractivity contribution in [1.82, 2.24) is 0 Å². The van der Waals surface area contributed by atoms with Gasteiger partial charge in [-0.2, -0.15) is 0 Å². The van der Waals surface area contributed by atoms with E-state index in [0.29, 0.717) is 10.6 Å². The van der Waals surface area contributed by atoms with E-state index < -0.39 is 5.97 Å². The number of anilines is 1. The quantitative estimate of drug-likeness (QED) is 0.731. The van der Waals surface area contributed by atoms with Gasteiger partial charge >= 0.3 is 5.97 Å². The second-order valence-corrected chi connectivity index (χ2v) is 8.30. The number of nitrogens with two attached hydrogens (primary N) is 1. The molecule has 0 spiro atoms. The number of nitrogen functional groups attached to an aromatic ring is 1. The fraction of sp³-hybridized carbons (Fsp3) is 0.182. The molecule has 2 heterocycles. The van der Waals surface area contributed by atoms with E-state index in [1.54, 1.807) is 11.3 Å². The molecule has 18 heavy (non-hydrogen) atoms. The minimum absolute atomic E-state index is 0.391. The monoisotopic (exact) mass is 409 g/mol. The summed E-state index contributed by atoms with van der Waals surface area (Å²) in [5, 5.41) is 0. The molecule has 2 aromatic heterocycles. The summed E-state index contributed by atoms with van der Waals surface area (Å²) in [6.45, 7) is 1.91. The third-order valence-corrected chi connectivity index (χ3v) is 6.13. The van der Waals surface area contributed by atoms with E-state index in [0.717, 1.165) is 23.6 Å². The molecular weight excluding hydrogens is 402 g/mol. The van der Waals surface area contributed by atoms with Gasteiger partial charge in [0, 0.05) is 10.4 Å². The van der Waals surface area contributed by atoms with Crippen molar-refractivity contribution in [3.8, 4) is 10.4 Å². The lowest BCUT2D eigenvalue weighted by molar-refractivity contribution is 0.0607. The Hall–Kier alpha value is -0.370. The third kappa shape index (κ3) is 2.36. The molecule has 0 amide bonds. The highest BCUT2D eigenvalue weighted by Crippen LogP contribution is 2.45. The molecular formula is C11H9Br2NO2S2. The first-order valence-electron chi connectivity index (χ1n) is 4.88. The largest absolute Gasteiger partial charge is 0.465 e. The van der Waals surface area contributed by atoms with Gasteiger partial charge in [0.15, 0.2) is 0 Å². The number of rotatable bonds is 2. The van der Waals surface area contributed by atoms with Gasteiger partial charge in [-0.3, -0.25) is 0 Å². The molecule has 0 aliphatic carbocycles. The second-order valence-electron chi connectivity index (χ2n) is 3.53. The van der Waals surface area contributed by atoms with Crippen LogP contribution in [0.5, 0.6) is 0 Å². The van der Waals surface area contributed by atoms with E-state index in [1.807, 2.05) is 13.0 Å². The van der Waals surface area contributed by atoms with E-state index in [9.17, 15) is 4.79 Å². The molecule has 0 aliphatic rings. The van der Waals surface area contributed by atoms with E-state index >= 15 is 0 Å². The average Bonchev–Trinajstić information content (AvgIpc) is 2.80. The van der Waals surface area contributed by atoms with Gasteiger partial charge in [0.1, 0.15) is 4.88 Å². The van der Waals surface area contributed by atoms with E-state index in [1.165, 1.54) is 18.4 Å². The number of hydrogen-bond donors (Lipinski definition) is 1. The predicted octanol–water partition coefficient (Wildman–Crippen LogP) is 4.68. The fourth-order valence-corrected chi connectivity index (χ4v) is 5.71. The van der Waals surface area contributed by atoms with Crippen LogP contribution < -0.4 is 5.73 Å². The molecule has 96 valence electrons. The number of thiophene rings is 2. The first-order valence-corrected chi connectivity index (χ1v) is 8.10. The Balaban J connectivity index is 2.59. The molecule has 3 nitrogen and oxygen atoms in total. The first-order chi connectivity index (χ1) is 8.45. The summed E-state index contributed by atoms with van der Waals surface area (Å²) in [4.78, 5) is 13.1. The Morgan fingerprint density at radius 2 is 2.06 bits per heavy atom. The van der Waals surface area contributed by atoms with Crippen LogP contribution in [-0.2, 0) is 4.74 Å². The van der Waals surface area contributed by atoms with Crippen LogP contribution in [-0.4, -0.2) is 13.1 Å². The minimum Gasteiger partial charge on any atom is -0.465 e. The zero-order chi connectivity index (χ0) is 13.4. The predicted molar refractivity (Wildman–Crippen MR) is 83.5 cm³/mol. The van der Waals surface area contributed by atoms with Crippen LogP contribution in [0.3, 0.4) is 0 Å². The molecule has 0 aliphatic heterocycles. The molecule has 0 radical (unpaired) electrons. The van der Waals surface area contributed by atoms with Gasteiger partial charge in [0.05, 0.1) is 20.4 Å². The maximum Gasteiger partial charge on any atom is 0.350 e. The van der Waals surface area contributed by atoms with Gasteiger partial charge < -0.3 is 10.5 Å². The summed E-state index contributed by atoms with van der Waals surface area (Å²) in [5.41, 5.74) is 8.40. The second kappa shape index (κ2) is 5.32. The Labute approximate surface area is 129 Å². The lowest BCUT2D eigenvalue weighted by atomic mass is 10.1. The maximum atomic E-state index is 11.6. The van der Waals surface area contributed by atoms with Crippen LogP contribution in [0.2, 0.25) is 0 Å². The van der Waals surface area contributed by atoms with Crippen molar-refractivity contribution in [2.45, 2.75) is 6.92 Å². The Bertz CT molecular complexity index is 619. The number of esters is 1. The third-order valence-electron chi connectivity index (χ3n) is 2.47. The number of carbonyl (C=O) groups is 1. The van der Waals surface area contributed by atoms with Crippen LogP contribution >= 0.6 is 54.5 Å². The van der Waals surface area contributed by atoms with Crippen LogP contribution in [0.25, 0.3) is 10.4 Å². The van der Waals surface area contributed by atoms with Crippen molar-refractivity contribution < 1.29 is 9.53 Å². The summed E-state index contributed by atoms with van der Waals surface area (Å²) in [7, 11) is 1.35. The van der Waals surface area contributed by atoms with Gasteiger partial charge in [0.2, 0.25) is 0 Å². The van der Waals surface area contributed by atoms with Crippen molar-refractivity contribution in [2.75, 3.05) is 12.8 Å². The fourth-order valence-electron chi connectivity index (χ4n) is 1.52. The van der Waals surface area contributed by atoms with Crippen molar-refractivity contribution in [3.63, 3.8) is 0 Å². The first kappa shape index (κ1) is 14.0. The Morgan fingerprint density at radius 1 is 1.39 bits per heavy atom. The highest BCUT2D eigenvalue weighted by Gasteiger charge is 2.21. The topological polar surface area (TPSA) is 52.3 Å². The zero-order valence-electron chi connectivity index (χ0n) is 9.54. The number of methoxy groups -OCH3 is 1. The molecule has 0 aromatic carbocycles. The summed E-state index contributed by atoms with van der Waals surface area (Å²) in [5.74, 6) is -0.391. The van der Waals surface area contributed by atoms with Gasteiger partial charge in [-0.15, -0.1) is 22.7 Å². The van der Waals surface area contributed by atoms with E-state index in [-0.39, 0.29) is 0 Å². The molecule has 0 saturated carbocycles. The molecule has 0 saturated heterocycles. The number of hydrogen-bond acceptors (Lipinski definition) is 5. The standard InChI is InChI=1S/C11H9Br2NO2S2/c1-4-7(14)9(11(15)16-2)18-8(4)5-3-6(12)17-10(5)13/h3H,14H2,1-2H3. The van der Waals surface area contributed by atoms with Crippen LogP contribution in [0.15, 0.2) is 13.6 Å². The van der Waals surface area contributed by atoms with E-state index in [2.05, 4.69) is 31.9 Å². The molecule has 0 unspecified atom stereocenters.